The minimum absolute atomic E-state index is 0.115. The summed E-state index contributed by atoms with van der Waals surface area (Å²) in [5, 5.41) is 2.71. The smallest absolute Gasteiger partial charge is 0.422 e. The quantitative estimate of drug-likeness (QED) is 0.847. The lowest BCUT2D eigenvalue weighted by atomic mass is 10.2. The molecule has 0 atom stereocenters. The molecule has 0 bridgehead atoms. The van der Waals surface area contributed by atoms with E-state index in [4.69, 9.17) is 5.73 Å². The molecule has 0 aliphatic carbocycles. The Morgan fingerprint density at radius 1 is 1.21 bits per heavy atom. The summed E-state index contributed by atoms with van der Waals surface area (Å²) in [6.07, 6.45) is -2.87. The van der Waals surface area contributed by atoms with Gasteiger partial charge in [0.05, 0.1) is 5.69 Å². The van der Waals surface area contributed by atoms with E-state index in [1.54, 1.807) is 24.3 Å². The number of nitrogens with two attached hydrogens (primary N) is 1. The largest absolute Gasteiger partial charge is 0.484 e. The van der Waals surface area contributed by atoms with Crippen molar-refractivity contribution in [2.75, 3.05) is 6.61 Å². The van der Waals surface area contributed by atoms with Crippen molar-refractivity contribution in [2.45, 2.75) is 19.3 Å². The van der Waals surface area contributed by atoms with Crippen molar-refractivity contribution in [1.82, 2.24) is 10.3 Å². The minimum atomic E-state index is -4.38. The number of alkyl halides is 3. The predicted octanol–water partition coefficient (Wildman–Crippen LogP) is 2.41. The van der Waals surface area contributed by atoms with Crippen LogP contribution in [-0.2, 0) is 13.1 Å². The summed E-state index contributed by atoms with van der Waals surface area (Å²) >= 11 is 0. The Bertz CT molecular complexity index is 688. The first-order chi connectivity index (χ1) is 11.4. The normalized spacial score (nSPS) is 11.2. The number of amides is 1. The number of benzene rings is 1. The SMILES string of the molecule is NCc1cc(C(=O)NCc2ccc(OCC(F)(F)F)cc2)ccn1. The first-order valence-corrected chi connectivity index (χ1v) is 7.09. The molecular weight excluding hydrogens is 323 g/mol. The van der Waals surface area contributed by atoms with Gasteiger partial charge >= 0.3 is 6.18 Å². The second-order valence-electron chi connectivity index (χ2n) is 4.97. The molecule has 2 rings (SSSR count). The molecule has 0 radical (unpaired) electrons. The van der Waals surface area contributed by atoms with E-state index < -0.39 is 12.8 Å². The van der Waals surface area contributed by atoms with Gasteiger partial charge in [0.1, 0.15) is 5.75 Å². The number of nitrogens with one attached hydrogen (secondary N) is 1. The Morgan fingerprint density at radius 3 is 2.54 bits per heavy atom. The second-order valence-corrected chi connectivity index (χ2v) is 4.97. The summed E-state index contributed by atoms with van der Waals surface area (Å²) in [4.78, 5) is 16.0. The average molecular weight is 339 g/mol. The lowest BCUT2D eigenvalue weighted by Crippen LogP contribution is -2.23. The molecule has 1 amide bonds. The van der Waals surface area contributed by atoms with Crippen LogP contribution < -0.4 is 15.8 Å². The van der Waals surface area contributed by atoms with E-state index in [9.17, 15) is 18.0 Å². The van der Waals surface area contributed by atoms with Crippen LogP contribution in [0, 0.1) is 0 Å². The molecule has 8 heteroatoms. The van der Waals surface area contributed by atoms with Crippen LogP contribution in [0.3, 0.4) is 0 Å². The van der Waals surface area contributed by atoms with Gasteiger partial charge in [-0.3, -0.25) is 9.78 Å². The average Bonchev–Trinajstić information content (AvgIpc) is 2.58. The molecular formula is C16H16F3N3O2. The van der Waals surface area contributed by atoms with Gasteiger partial charge < -0.3 is 15.8 Å². The van der Waals surface area contributed by atoms with Crippen molar-refractivity contribution >= 4 is 5.91 Å². The van der Waals surface area contributed by atoms with Crippen molar-refractivity contribution in [1.29, 1.82) is 0 Å². The molecule has 2 aromatic rings. The zero-order chi connectivity index (χ0) is 17.6. The molecule has 1 aromatic carbocycles. The summed E-state index contributed by atoms with van der Waals surface area (Å²) in [6, 6.07) is 9.19. The highest BCUT2D eigenvalue weighted by Crippen LogP contribution is 2.18. The molecule has 0 saturated carbocycles. The Balaban J connectivity index is 1.88. The van der Waals surface area contributed by atoms with Crippen molar-refractivity contribution in [2.24, 2.45) is 5.73 Å². The number of halogens is 3. The maximum absolute atomic E-state index is 12.1. The van der Waals surface area contributed by atoms with Gasteiger partial charge in [0.15, 0.2) is 6.61 Å². The third kappa shape index (κ3) is 5.54. The van der Waals surface area contributed by atoms with E-state index >= 15 is 0 Å². The highest BCUT2D eigenvalue weighted by Gasteiger charge is 2.28. The summed E-state index contributed by atoms with van der Waals surface area (Å²) in [5.74, 6) is -0.173. The number of pyridine rings is 1. The van der Waals surface area contributed by atoms with E-state index in [0.29, 0.717) is 11.3 Å². The Labute approximate surface area is 136 Å². The van der Waals surface area contributed by atoms with E-state index in [1.807, 2.05) is 0 Å². The standard InChI is InChI=1S/C16H16F3N3O2/c17-16(18,19)10-24-14-3-1-11(2-4-14)9-22-15(23)12-5-6-21-13(7-12)8-20/h1-7H,8-10,20H2,(H,22,23). The van der Waals surface area contributed by atoms with Crippen LogP contribution in [0.1, 0.15) is 21.6 Å². The van der Waals surface area contributed by atoms with Crippen molar-refractivity contribution in [3.63, 3.8) is 0 Å². The number of ether oxygens (including phenoxy) is 1. The Kier molecular flexibility index (Phi) is 5.75. The summed E-state index contributed by atoms with van der Waals surface area (Å²) in [5.41, 5.74) is 7.25. The van der Waals surface area contributed by atoms with Crippen molar-refractivity contribution in [3.05, 3.63) is 59.4 Å². The van der Waals surface area contributed by atoms with Gasteiger partial charge in [0.25, 0.3) is 5.91 Å². The lowest BCUT2D eigenvalue weighted by molar-refractivity contribution is -0.153. The zero-order valence-electron chi connectivity index (χ0n) is 12.6. The van der Waals surface area contributed by atoms with Gasteiger partial charge in [0.2, 0.25) is 0 Å². The number of aromatic nitrogens is 1. The minimum Gasteiger partial charge on any atom is -0.484 e. The fourth-order valence-corrected chi connectivity index (χ4v) is 1.88. The van der Waals surface area contributed by atoms with Gasteiger partial charge in [0, 0.05) is 24.8 Å². The van der Waals surface area contributed by atoms with Gasteiger partial charge in [-0.15, -0.1) is 0 Å². The summed E-state index contributed by atoms with van der Waals surface area (Å²) < 4.78 is 40.8. The van der Waals surface area contributed by atoms with Crippen LogP contribution in [0.25, 0.3) is 0 Å². The maximum atomic E-state index is 12.1. The molecule has 5 nitrogen and oxygen atoms in total. The number of hydrogen-bond donors (Lipinski definition) is 2. The van der Waals surface area contributed by atoms with Gasteiger partial charge in [-0.25, -0.2) is 0 Å². The van der Waals surface area contributed by atoms with Crippen LogP contribution in [0.2, 0.25) is 0 Å². The van der Waals surface area contributed by atoms with Crippen LogP contribution in [0.15, 0.2) is 42.6 Å². The molecule has 24 heavy (non-hydrogen) atoms. The molecule has 0 saturated heterocycles. The number of rotatable bonds is 6. The second kappa shape index (κ2) is 7.78. The first-order valence-electron chi connectivity index (χ1n) is 7.09. The monoisotopic (exact) mass is 339 g/mol. The van der Waals surface area contributed by atoms with Crippen LogP contribution in [0.5, 0.6) is 5.75 Å². The highest BCUT2D eigenvalue weighted by atomic mass is 19.4. The van der Waals surface area contributed by atoms with E-state index in [-0.39, 0.29) is 24.7 Å². The highest BCUT2D eigenvalue weighted by molar-refractivity contribution is 5.94. The fourth-order valence-electron chi connectivity index (χ4n) is 1.88. The number of carbonyl (C=O) groups excluding carboxylic acids is 1. The van der Waals surface area contributed by atoms with E-state index in [1.165, 1.54) is 18.3 Å². The van der Waals surface area contributed by atoms with E-state index in [0.717, 1.165) is 5.56 Å². The molecule has 0 unspecified atom stereocenters. The predicted molar refractivity (Wildman–Crippen MR) is 81.3 cm³/mol. The topological polar surface area (TPSA) is 77.2 Å². The third-order valence-electron chi connectivity index (χ3n) is 3.07. The van der Waals surface area contributed by atoms with Crippen molar-refractivity contribution in [3.8, 4) is 5.75 Å². The molecule has 0 fully saturated rings. The van der Waals surface area contributed by atoms with Gasteiger partial charge in [-0.2, -0.15) is 13.2 Å². The zero-order valence-corrected chi connectivity index (χ0v) is 12.6. The van der Waals surface area contributed by atoms with E-state index in [2.05, 4.69) is 15.0 Å². The molecule has 0 spiro atoms. The van der Waals surface area contributed by atoms with Crippen LogP contribution in [-0.4, -0.2) is 23.7 Å². The maximum Gasteiger partial charge on any atom is 0.422 e. The molecule has 0 aliphatic rings. The van der Waals surface area contributed by atoms with Crippen molar-refractivity contribution < 1.29 is 22.7 Å². The molecule has 3 N–H and O–H groups in total. The molecule has 1 heterocycles. The molecule has 128 valence electrons. The lowest BCUT2D eigenvalue weighted by Gasteiger charge is -2.10. The number of hydrogen-bond acceptors (Lipinski definition) is 4. The number of nitrogens with zero attached hydrogens (tertiary/aromatic N) is 1. The Morgan fingerprint density at radius 2 is 1.92 bits per heavy atom. The molecule has 1 aromatic heterocycles. The van der Waals surface area contributed by atoms with Crippen LogP contribution >= 0.6 is 0 Å². The summed E-state index contributed by atoms with van der Waals surface area (Å²) in [6.45, 7) is -0.867. The van der Waals surface area contributed by atoms with Gasteiger partial charge in [-0.05, 0) is 29.8 Å². The fraction of sp³-hybridized carbons (Fsp3) is 0.250. The third-order valence-corrected chi connectivity index (χ3v) is 3.07. The van der Waals surface area contributed by atoms with Gasteiger partial charge in [-0.1, -0.05) is 12.1 Å². The molecule has 0 aliphatic heterocycles. The Hall–Kier alpha value is -2.61. The first kappa shape index (κ1) is 17.7. The summed E-state index contributed by atoms with van der Waals surface area (Å²) in [7, 11) is 0. The number of carbonyl (C=O) groups is 1. The van der Waals surface area contributed by atoms with Crippen LogP contribution in [0.4, 0.5) is 13.2 Å².